The van der Waals surface area contributed by atoms with E-state index in [2.05, 4.69) is 5.32 Å². The van der Waals surface area contributed by atoms with Crippen molar-refractivity contribution in [2.24, 2.45) is 5.73 Å². The predicted molar refractivity (Wildman–Crippen MR) is 81.3 cm³/mol. The van der Waals surface area contributed by atoms with Crippen LogP contribution in [0.1, 0.15) is 50.6 Å². The summed E-state index contributed by atoms with van der Waals surface area (Å²) in [6.07, 6.45) is 4.68. The van der Waals surface area contributed by atoms with Crippen LogP contribution in [0.2, 0.25) is 0 Å². The van der Waals surface area contributed by atoms with Crippen molar-refractivity contribution in [2.45, 2.75) is 45.1 Å². The van der Waals surface area contributed by atoms with E-state index in [0.29, 0.717) is 6.42 Å². The molecule has 1 amide bonds. The maximum atomic E-state index is 11.9. The SMILES string of the molecule is CC(NC(=O)CCCCCCN)c1ccc2c(c1)OCO2. The number of nitrogens with one attached hydrogen (secondary N) is 1. The lowest BCUT2D eigenvalue weighted by Crippen LogP contribution is -2.26. The van der Waals surface area contributed by atoms with E-state index in [0.717, 1.165) is 49.3 Å². The summed E-state index contributed by atoms with van der Waals surface area (Å²) in [5.74, 6) is 1.60. The zero-order valence-electron chi connectivity index (χ0n) is 12.6. The first-order valence-corrected chi connectivity index (χ1v) is 7.59. The molecule has 0 radical (unpaired) electrons. The summed E-state index contributed by atoms with van der Waals surface area (Å²) >= 11 is 0. The van der Waals surface area contributed by atoms with E-state index in [4.69, 9.17) is 15.2 Å². The fourth-order valence-corrected chi connectivity index (χ4v) is 2.36. The molecule has 2 rings (SSSR count). The first-order valence-electron chi connectivity index (χ1n) is 7.59. The highest BCUT2D eigenvalue weighted by molar-refractivity contribution is 5.76. The molecule has 21 heavy (non-hydrogen) atoms. The molecule has 116 valence electrons. The van der Waals surface area contributed by atoms with Crippen molar-refractivity contribution in [1.82, 2.24) is 5.32 Å². The average molecular weight is 292 g/mol. The fourth-order valence-electron chi connectivity index (χ4n) is 2.36. The van der Waals surface area contributed by atoms with Crippen LogP contribution in [0.25, 0.3) is 0 Å². The molecule has 1 unspecified atom stereocenters. The first-order chi connectivity index (χ1) is 10.2. The largest absolute Gasteiger partial charge is 0.454 e. The molecule has 0 saturated carbocycles. The number of amides is 1. The minimum Gasteiger partial charge on any atom is -0.454 e. The molecular weight excluding hydrogens is 268 g/mol. The molecule has 1 aromatic carbocycles. The van der Waals surface area contributed by atoms with Gasteiger partial charge in [-0.15, -0.1) is 0 Å². The van der Waals surface area contributed by atoms with E-state index in [1.165, 1.54) is 0 Å². The van der Waals surface area contributed by atoms with Gasteiger partial charge in [-0.05, 0) is 44.0 Å². The molecule has 1 heterocycles. The van der Waals surface area contributed by atoms with Crippen LogP contribution in [0.3, 0.4) is 0 Å². The van der Waals surface area contributed by atoms with Crippen LogP contribution in [0, 0.1) is 0 Å². The molecule has 0 spiro atoms. The van der Waals surface area contributed by atoms with E-state index >= 15 is 0 Å². The van der Waals surface area contributed by atoms with Gasteiger partial charge < -0.3 is 20.5 Å². The number of hydrogen-bond donors (Lipinski definition) is 2. The van der Waals surface area contributed by atoms with Crippen molar-refractivity contribution in [3.8, 4) is 11.5 Å². The summed E-state index contributed by atoms with van der Waals surface area (Å²) in [6, 6.07) is 5.73. The van der Waals surface area contributed by atoms with Crippen molar-refractivity contribution in [1.29, 1.82) is 0 Å². The summed E-state index contributed by atoms with van der Waals surface area (Å²) in [5.41, 5.74) is 6.46. The third-order valence-corrected chi connectivity index (χ3v) is 3.63. The normalized spacial score (nSPS) is 14.0. The van der Waals surface area contributed by atoms with Gasteiger partial charge in [-0.2, -0.15) is 0 Å². The zero-order valence-corrected chi connectivity index (χ0v) is 12.6. The average Bonchev–Trinajstić information content (AvgIpc) is 2.94. The third-order valence-electron chi connectivity index (χ3n) is 3.63. The molecule has 1 aliphatic rings. The van der Waals surface area contributed by atoms with Crippen LogP contribution in [0.5, 0.6) is 11.5 Å². The van der Waals surface area contributed by atoms with Gasteiger partial charge in [0.1, 0.15) is 0 Å². The number of unbranched alkanes of at least 4 members (excludes halogenated alkanes) is 3. The number of carbonyl (C=O) groups excluding carboxylic acids is 1. The van der Waals surface area contributed by atoms with Gasteiger partial charge >= 0.3 is 0 Å². The fraction of sp³-hybridized carbons (Fsp3) is 0.562. The second-order valence-electron chi connectivity index (χ2n) is 5.35. The molecule has 0 saturated heterocycles. The van der Waals surface area contributed by atoms with Crippen molar-refractivity contribution < 1.29 is 14.3 Å². The number of carbonyl (C=O) groups is 1. The number of benzene rings is 1. The predicted octanol–water partition coefficient (Wildman–Crippen LogP) is 2.50. The molecular formula is C16H24N2O3. The Labute approximate surface area is 125 Å². The lowest BCUT2D eigenvalue weighted by Gasteiger charge is -2.14. The van der Waals surface area contributed by atoms with E-state index in [1.807, 2.05) is 25.1 Å². The molecule has 0 bridgehead atoms. The Hall–Kier alpha value is -1.75. The second-order valence-corrected chi connectivity index (χ2v) is 5.35. The highest BCUT2D eigenvalue weighted by Crippen LogP contribution is 2.34. The Morgan fingerprint density at radius 2 is 2.00 bits per heavy atom. The molecule has 0 aromatic heterocycles. The molecule has 1 atom stereocenters. The highest BCUT2D eigenvalue weighted by Gasteiger charge is 2.16. The second kappa shape index (κ2) is 7.88. The summed E-state index contributed by atoms with van der Waals surface area (Å²) in [5, 5.41) is 3.02. The van der Waals surface area contributed by atoms with Crippen LogP contribution < -0.4 is 20.5 Å². The van der Waals surface area contributed by atoms with Crippen LogP contribution in [-0.4, -0.2) is 19.2 Å². The van der Waals surface area contributed by atoms with E-state index in [9.17, 15) is 4.79 Å². The van der Waals surface area contributed by atoms with Crippen molar-refractivity contribution in [3.63, 3.8) is 0 Å². The van der Waals surface area contributed by atoms with E-state index in [1.54, 1.807) is 0 Å². The Morgan fingerprint density at radius 1 is 1.24 bits per heavy atom. The summed E-state index contributed by atoms with van der Waals surface area (Å²) in [7, 11) is 0. The van der Waals surface area contributed by atoms with E-state index < -0.39 is 0 Å². The smallest absolute Gasteiger partial charge is 0.231 e. The van der Waals surface area contributed by atoms with Crippen molar-refractivity contribution in [2.75, 3.05) is 13.3 Å². The number of rotatable bonds is 8. The Balaban J connectivity index is 1.75. The van der Waals surface area contributed by atoms with Crippen LogP contribution in [0.4, 0.5) is 0 Å². The molecule has 0 fully saturated rings. The maximum Gasteiger partial charge on any atom is 0.231 e. The first kappa shape index (κ1) is 15.6. The Kier molecular flexibility index (Phi) is 5.87. The summed E-state index contributed by atoms with van der Waals surface area (Å²) in [6.45, 7) is 2.97. The van der Waals surface area contributed by atoms with Crippen molar-refractivity contribution >= 4 is 5.91 Å². The van der Waals surface area contributed by atoms with Gasteiger partial charge in [0, 0.05) is 6.42 Å². The number of ether oxygens (including phenoxy) is 2. The number of fused-ring (bicyclic) bond motifs is 1. The lowest BCUT2D eigenvalue weighted by atomic mass is 10.1. The highest BCUT2D eigenvalue weighted by atomic mass is 16.7. The molecule has 5 nitrogen and oxygen atoms in total. The minimum atomic E-state index is -0.0314. The van der Waals surface area contributed by atoms with Gasteiger partial charge in [0.15, 0.2) is 11.5 Å². The van der Waals surface area contributed by atoms with Crippen molar-refractivity contribution in [3.05, 3.63) is 23.8 Å². The van der Waals surface area contributed by atoms with Crippen LogP contribution >= 0.6 is 0 Å². The third kappa shape index (κ3) is 4.63. The van der Waals surface area contributed by atoms with Gasteiger partial charge in [-0.3, -0.25) is 4.79 Å². The van der Waals surface area contributed by atoms with Gasteiger partial charge in [-0.1, -0.05) is 18.9 Å². The minimum absolute atomic E-state index is 0.0314. The van der Waals surface area contributed by atoms with Gasteiger partial charge in [0.05, 0.1) is 6.04 Å². The maximum absolute atomic E-state index is 11.9. The zero-order chi connectivity index (χ0) is 15.1. The monoisotopic (exact) mass is 292 g/mol. The molecule has 1 aromatic rings. The Morgan fingerprint density at radius 3 is 2.81 bits per heavy atom. The quantitative estimate of drug-likeness (QED) is 0.722. The molecule has 3 N–H and O–H groups in total. The van der Waals surface area contributed by atoms with Crippen LogP contribution in [-0.2, 0) is 4.79 Å². The summed E-state index contributed by atoms with van der Waals surface area (Å²) in [4.78, 5) is 11.9. The molecule has 0 aliphatic carbocycles. The summed E-state index contributed by atoms with van der Waals surface area (Å²) < 4.78 is 10.6. The Bertz CT molecular complexity index is 477. The topological polar surface area (TPSA) is 73.6 Å². The molecule has 5 heteroatoms. The van der Waals surface area contributed by atoms with Gasteiger partial charge in [0.2, 0.25) is 12.7 Å². The van der Waals surface area contributed by atoms with E-state index in [-0.39, 0.29) is 18.7 Å². The standard InChI is InChI=1S/C16H24N2O3/c1-12(18-16(19)6-4-2-3-5-9-17)13-7-8-14-15(10-13)21-11-20-14/h7-8,10,12H,2-6,9,11,17H2,1H3,(H,18,19). The number of nitrogens with two attached hydrogens (primary N) is 1. The van der Waals surface area contributed by atoms with Gasteiger partial charge in [-0.25, -0.2) is 0 Å². The van der Waals surface area contributed by atoms with Crippen LogP contribution in [0.15, 0.2) is 18.2 Å². The van der Waals surface area contributed by atoms with Gasteiger partial charge in [0.25, 0.3) is 0 Å². The lowest BCUT2D eigenvalue weighted by molar-refractivity contribution is -0.121. The molecule has 1 aliphatic heterocycles. The number of hydrogen-bond acceptors (Lipinski definition) is 4.